The fraction of sp³-hybridized carbons (Fsp3) is 0.176. The molecule has 0 aliphatic heterocycles. The summed E-state index contributed by atoms with van der Waals surface area (Å²) in [7, 11) is 0. The number of benzene rings is 2. The minimum Gasteiger partial charge on any atom is -0.481 e. The zero-order chi connectivity index (χ0) is 15.5. The smallest absolute Gasteiger partial charge is 0.303 e. The lowest BCUT2D eigenvalue weighted by molar-refractivity contribution is -0.137. The van der Waals surface area contributed by atoms with Gasteiger partial charge in [-0.1, -0.05) is 46.3 Å². The topological polar surface area (TPSA) is 55.1 Å². The predicted molar refractivity (Wildman–Crippen MR) is 89.7 cm³/mol. The summed E-state index contributed by atoms with van der Waals surface area (Å²) in [5.41, 5.74) is 3.00. The van der Waals surface area contributed by atoms with Crippen molar-refractivity contribution in [3.8, 4) is 11.3 Å². The van der Waals surface area contributed by atoms with Crippen molar-refractivity contribution < 1.29 is 9.90 Å². The molecule has 1 heterocycles. The minimum absolute atomic E-state index is 0.151. The molecule has 0 saturated carbocycles. The van der Waals surface area contributed by atoms with E-state index >= 15 is 0 Å². The molecule has 0 amide bonds. The van der Waals surface area contributed by atoms with E-state index in [9.17, 15) is 4.79 Å². The first-order valence-electron chi connectivity index (χ1n) is 7.08. The summed E-state index contributed by atoms with van der Waals surface area (Å²) in [5, 5.41) is 14.6. The molecule has 0 atom stereocenters. The molecule has 22 heavy (non-hydrogen) atoms. The molecular weight excluding hydrogens is 344 g/mol. The lowest BCUT2D eigenvalue weighted by Crippen LogP contribution is -2.03. The summed E-state index contributed by atoms with van der Waals surface area (Å²) in [5.74, 6) is -0.775. The third kappa shape index (κ3) is 3.04. The van der Waals surface area contributed by atoms with E-state index in [2.05, 4.69) is 22.0 Å². The number of aryl methyl sites for hydroxylation is 1. The number of carboxylic acids is 1. The van der Waals surface area contributed by atoms with Gasteiger partial charge in [-0.05, 0) is 24.6 Å². The van der Waals surface area contributed by atoms with Crippen LogP contribution in [0.2, 0.25) is 0 Å². The molecule has 0 bridgehead atoms. The van der Waals surface area contributed by atoms with Crippen molar-refractivity contribution in [2.75, 3.05) is 0 Å². The number of fused-ring (bicyclic) bond motifs is 1. The van der Waals surface area contributed by atoms with Crippen LogP contribution in [0.4, 0.5) is 0 Å². The largest absolute Gasteiger partial charge is 0.481 e. The number of carboxylic acid groups (broad SMARTS) is 1. The highest BCUT2D eigenvalue weighted by Gasteiger charge is 2.12. The Kier molecular flexibility index (Phi) is 4.24. The predicted octanol–water partition coefficient (Wildman–Crippen LogP) is 4.33. The van der Waals surface area contributed by atoms with Gasteiger partial charge in [0.15, 0.2) is 0 Å². The van der Waals surface area contributed by atoms with Crippen LogP contribution >= 0.6 is 15.9 Å². The maximum atomic E-state index is 10.7. The van der Waals surface area contributed by atoms with Crippen molar-refractivity contribution >= 4 is 32.8 Å². The van der Waals surface area contributed by atoms with Gasteiger partial charge in [0.1, 0.15) is 5.69 Å². The Hall–Kier alpha value is -2.14. The standard InChI is InChI=1S/C17H15BrN2O2/c18-13-8-9-15-14(11-13)17(12-5-2-1-3-6-12)19-20(15)10-4-7-16(21)22/h1-3,5-6,8-9,11H,4,7,10H2,(H,21,22). The van der Waals surface area contributed by atoms with Crippen LogP contribution in [0.15, 0.2) is 53.0 Å². The molecule has 0 fully saturated rings. The first kappa shape index (κ1) is 14.8. The zero-order valence-electron chi connectivity index (χ0n) is 11.9. The molecule has 112 valence electrons. The normalized spacial score (nSPS) is 11.0. The second-order valence-corrected chi connectivity index (χ2v) is 6.01. The quantitative estimate of drug-likeness (QED) is 0.738. The van der Waals surface area contributed by atoms with Gasteiger partial charge in [0.25, 0.3) is 0 Å². The maximum absolute atomic E-state index is 10.7. The van der Waals surface area contributed by atoms with Gasteiger partial charge in [-0.15, -0.1) is 0 Å². The van der Waals surface area contributed by atoms with Crippen LogP contribution in [0, 0.1) is 0 Å². The molecular formula is C17H15BrN2O2. The monoisotopic (exact) mass is 358 g/mol. The third-order valence-electron chi connectivity index (χ3n) is 3.52. The zero-order valence-corrected chi connectivity index (χ0v) is 13.5. The first-order valence-corrected chi connectivity index (χ1v) is 7.88. The summed E-state index contributed by atoms with van der Waals surface area (Å²) in [6, 6.07) is 16.1. The van der Waals surface area contributed by atoms with Gasteiger partial charge >= 0.3 is 5.97 Å². The van der Waals surface area contributed by atoms with E-state index in [1.807, 2.05) is 47.1 Å². The Morgan fingerprint density at radius 2 is 1.95 bits per heavy atom. The minimum atomic E-state index is -0.775. The molecule has 2 aromatic carbocycles. The van der Waals surface area contributed by atoms with Crippen LogP contribution in [-0.4, -0.2) is 20.9 Å². The number of hydrogen-bond acceptors (Lipinski definition) is 2. The molecule has 3 aromatic rings. The molecule has 0 saturated heterocycles. The van der Waals surface area contributed by atoms with Gasteiger partial charge in [0.2, 0.25) is 0 Å². The second-order valence-electron chi connectivity index (χ2n) is 5.10. The molecule has 1 aromatic heterocycles. The number of carbonyl (C=O) groups is 1. The fourth-order valence-electron chi connectivity index (χ4n) is 2.51. The van der Waals surface area contributed by atoms with Crippen molar-refractivity contribution in [2.45, 2.75) is 19.4 Å². The van der Waals surface area contributed by atoms with Crippen LogP contribution in [-0.2, 0) is 11.3 Å². The van der Waals surface area contributed by atoms with Crippen molar-refractivity contribution in [3.63, 3.8) is 0 Å². The Morgan fingerprint density at radius 1 is 1.18 bits per heavy atom. The van der Waals surface area contributed by atoms with E-state index in [1.165, 1.54) is 0 Å². The third-order valence-corrected chi connectivity index (χ3v) is 4.01. The van der Waals surface area contributed by atoms with E-state index in [1.54, 1.807) is 0 Å². The molecule has 3 rings (SSSR count). The number of hydrogen-bond donors (Lipinski definition) is 1. The number of rotatable bonds is 5. The SMILES string of the molecule is O=C(O)CCCn1nc(-c2ccccc2)c2cc(Br)ccc21. The van der Waals surface area contributed by atoms with Crippen molar-refractivity contribution in [3.05, 3.63) is 53.0 Å². The number of aliphatic carboxylic acids is 1. The summed E-state index contributed by atoms with van der Waals surface area (Å²) < 4.78 is 2.90. The van der Waals surface area contributed by atoms with E-state index < -0.39 is 5.97 Å². The maximum Gasteiger partial charge on any atom is 0.303 e. The van der Waals surface area contributed by atoms with Gasteiger partial charge in [0.05, 0.1) is 5.52 Å². The molecule has 0 aliphatic rings. The Morgan fingerprint density at radius 3 is 2.68 bits per heavy atom. The van der Waals surface area contributed by atoms with Crippen LogP contribution in [0.1, 0.15) is 12.8 Å². The van der Waals surface area contributed by atoms with Gasteiger partial charge in [0, 0.05) is 28.4 Å². The Bertz CT molecular complexity index is 812. The number of nitrogens with zero attached hydrogens (tertiary/aromatic N) is 2. The average Bonchev–Trinajstić information content (AvgIpc) is 2.86. The van der Waals surface area contributed by atoms with Crippen LogP contribution in [0.25, 0.3) is 22.2 Å². The fourth-order valence-corrected chi connectivity index (χ4v) is 2.87. The highest BCUT2D eigenvalue weighted by molar-refractivity contribution is 9.10. The Balaban J connectivity index is 2.04. The first-order chi connectivity index (χ1) is 10.6. The number of aromatic nitrogens is 2. The molecule has 0 spiro atoms. The average molecular weight is 359 g/mol. The summed E-state index contributed by atoms with van der Waals surface area (Å²) in [6.07, 6.45) is 0.717. The van der Waals surface area contributed by atoms with Gasteiger partial charge in [-0.3, -0.25) is 9.48 Å². The molecule has 1 N–H and O–H groups in total. The summed E-state index contributed by atoms with van der Waals surface area (Å²) in [4.78, 5) is 10.7. The molecule has 5 heteroatoms. The molecule has 0 aliphatic carbocycles. The van der Waals surface area contributed by atoms with Gasteiger partial charge in [-0.2, -0.15) is 5.10 Å². The van der Waals surface area contributed by atoms with E-state index in [0.29, 0.717) is 13.0 Å². The van der Waals surface area contributed by atoms with E-state index in [0.717, 1.165) is 26.6 Å². The van der Waals surface area contributed by atoms with Crippen LogP contribution < -0.4 is 0 Å². The highest BCUT2D eigenvalue weighted by Crippen LogP contribution is 2.30. The lowest BCUT2D eigenvalue weighted by atomic mass is 10.1. The van der Waals surface area contributed by atoms with E-state index in [4.69, 9.17) is 10.2 Å². The van der Waals surface area contributed by atoms with E-state index in [-0.39, 0.29) is 6.42 Å². The van der Waals surface area contributed by atoms with Crippen molar-refractivity contribution in [1.29, 1.82) is 0 Å². The van der Waals surface area contributed by atoms with Gasteiger partial charge in [-0.25, -0.2) is 0 Å². The van der Waals surface area contributed by atoms with Crippen molar-refractivity contribution in [1.82, 2.24) is 9.78 Å². The highest BCUT2D eigenvalue weighted by atomic mass is 79.9. The van der Waals surface area contributed by atoms with Crippen LogP contribution in [0.3, 0.4) is 0 Å². The molecule has 4 nitrogen and oxygen atoms in total. The molecule has 0 radical (unpaired) electrons. The van der Waals surface area contributed by atoms with Gasteiger partial charge < -0.3 is 5.11 Å². The number of halogens is 1. The second kappa shape index (κ2) is 6.32. The lowest BCUT2D eigenvalue weighted by Gasteiger charge is -2.01. The summed E-state index contributed by atoms with van der Waals surface area (Å²) >= 11 is 3.51. The van der Waals surface area contributed by atoms with Crippen molar-refractivity contribution in [2.24, 2.45) is 0 Å². The summed E-state index contributed by atoms with van der Waals surface area (Å²) in [6.45, 7) is 0.595. The molecule has 0 unspecified atom stereocenters. The van der Waals surface area contributed by atoms with Crippen LogP contribution in [0.5, 0.6) is 0 Å². The Labute approximate surface area is 136 Å².